The highest BCUT2D eigenvalue weighted by molar-refractivity contribution is 6.31. The first kappa shape index (κ1) is 18.9. The van der Waals surface area contributed by atoms with Crippen molar-refractivity contribution < 1.29 is 0 Å². The minimum Gasteiger partial charge on any atom is -0.354 e. The van der Waals surface area contributed by atoms with Gasteiger partial charge in [-0.15, -0.1) is 0 Å². The van der Waals surface area contributed by atoms with Gasteiger partial charge < -0.3 is 10.2 Å². The Bertz CT molecular complexity index is 1240. The SMILES string of the molecule is O=c1[nH]c(NCCN2CCN(c3n[nH]c4ccccc34)CC2)nc2ccc(Cl)cc12. The second-order valence-corrected chi connectivity index (χ2v) is 7.86. The summed E-state index contributed by atoms with van der Waals surface area (Å²) in [5.74, 6) is 1.51. The lowest BCUT2D eigenvalue weighted by atomic mass is 10.2. The van der Waals surface area contributed by atoms with Crippen molar-refractivity contribution in [1.82, 2.24) is 25.1 Å². The number of nitrogens with zero attached hydrogens (tertiary/aromatic N) is 4. The number of hydrogen-bond acceptors (Lipinski definition) is 6. The lowest BCUT2D eigenvalue weighted by molar-refractivity contribution is 0.267. The van der Waals surface area contributed by atoms with Gasteiger partial charge in [0.2, 0.25) is 5.95 Å². The number of rotatable bonds is 5. The van der Waals surface area contributed by atoms with E-state index in [9.17, 15) is 4.79 Å². The molecule has 1 saturated heterocycles. The van der Waals surface area contributed by atoms with E-state index < -0.39 is 0 Å². The fourth-order valence-corrected chi connectivity index (χ4v) is 4.07. The Hall–Kier alpha value is -3.10. The van der Waals surface area contributed by atoms with E-state index in [2.05, 4.69) is 41.3 Å². The standard InChI is InChI=1S/C21H22ClN7O/c22-14-5-6-17-16(13-14)20(30)25-21(24-17)23-7-8-28-9-11-29(12-10-28)19-15-3-1-2-4-18(15)26-27-19/h1-6,13H,7-12H2,(H,26,27)(H2,23,24,25,30). The number of H-pyrrole nitrogens is 2. The average molecular weight is 424 g/mol. The topological polar surface area (TPSA) is 92.9 Å². The van der Waals surface area contributed by atoms with Crippen LogP contribution in [0.4, 0.5) is 11.8 Å². The average Bonchev–Trinajstić information content (AvgIpc) is 3.19. The van der Waals surface area contributed by atoms with Crippen LogP contribution >= 0.6 is 11.6 Å². The van der Waals surface area contributed by atoms with Crippen LogP contribution in [0.2, 0.25) is 5.02 Å². The Balaban J connectivity index is 1.16. The number of fused-ring (bicyclic) bond motifs is 2. The zero-order valence-electron chi connectivity index (χ0n) is 16.4. The fraction of sp³-hybridized carbons (Fsp3) is 0.286. The number of hydrogen-bond donors (Lipinski definition) is 3. The molecule has 1 fully saturated rings. The summed E-state index contributed by atoms with van der Waals surface area (Å²) in [6.07, 6.45) is 0. The monoisotopic (exact) mass is 423 g/mol. The van der Waals surface area contributed by atoms with Crippen LogP contribution < -0.4 is 15.8 Å². The van der Waals surface area contributed by atoms with Crippen molar-refractivity contribution in [3.05, 3.63) is 57.8 Å². The predicted molar refractivity (Wildman–Crippen MR) is 121 cm³/mol. The first-order valence-corrected chi connectivity index (χ1v) is 10.4. The van der Waals surface area contributed by atoms with E-state index in [1.165, 1.54) is 5.39 Å². The molecule has 1 aliphatic heterocycles. The molecule has 2 aromatic heterocycles. The van der Waals surface area contributed by atoms with Gasteiger partial charge in [0.1, 0.15) is 0 Å². The Kier molecular flexibility index (Phi) is 5.02. The summed E-state index contributed by atoms with van der Waals surface area (Å²) in [6, 6.07) is 13.3. The third-order valence-corrected chi connectivity index (χ3v) is 5.75. The first-order chi connectivity index (χ1) is 14.7. The molecule has 9 heteroatoms. The fourth-order valence-electron chi connectivity index (χ4n) is 3.90. The van der Waals surface area contributed by atoms with Crippen molar-refractivity contribution in [2.45, 2.75) is 0 Å². The second kappa shape index (κ2) is 7.97. The molecule has 3 N–H and O–H groups in total. The molecule has 0 unspecified atom stereocenters. The van der Waals surface area contributed by atoms with Gasteiger partial charge in [-0.1, -0.05) is 23.7 Å². The summed E-state index contributed by atoms with van der Waals surface area (Å²) >= 11 is 5.96. The molecule has 0 aliphatic carbocycles. The van der Waals surface area contributed by atoms with E-state index in [0.29, 0.717) is 28.4 Å². The van der Waals surface area contributed by atoms with Crippen LogP contribution in [-0.2, 0) is 0 Å². The van der Waals surface area contributed by atoms with Crippen molar-refractivity contribution in [3.8, 4) is 0 Å². The van der Waals surface area contributed by atoms with Crippen molar-refractivity contribution in [1.29, 1.82) is 0 Å². The summed E-state index contributed by atoms with van der Waals surface area (Å²) < 4.78 is 0. The number of halogens is 1. The number of anilines is 2. The largest absolute Gasteiger partial charge is 0.354 e. The van der Waals surface area contributed by atoms with Gasteiger partial charge in [-0.2, -0.15) is 5.10 Å². The molecule has 4 aromatic rings. The molecule has 0 saturated carbocycles. The molecule has 3 heterocycles. The van der Waals surface area contributed by atoms with Gasteiger partial charge in [0.25, 0.3) is 5.56 Å². The lowest BCUT2D eigenvalue weighted by Gasteiger charge is -2.35. The molecule has 154 valence electrons. The quantitative estimate of drug-likeness (QED) is 0.457. The van der Waals surface area contributed by atoms with Crippen LogP contribution in [0.1, 0.15) is 0 Å². The third-order valence-electron chi connectivity index (χ3n) is 5.51. The number of para-hydroxylation sites is 1. The van der Waals surface area contributed by atoms with Gasteiger partial charge in [0.15, 0.2) is 5.82 Å². The van der Waals surface area contributed by atoms with E-state index in [1.54, 1.807) is 18.2 Å². The van der Waals surface area contributed by atoms with Crippen LogP contribution in [0.5, 0.6) is 0 Å². The van der Waals surface area contributed by atoms with Gasteiger partial charge in [0.05, 0.1) is 16.4 Å². The maximum Gasteiger partial charge on any atom is 0.260 e. The lowest BCUT2D eigenvalue weighted by Crippen LogP contribution is -2.47. The molecule has 0 radical (unpaired) electrons. The van der Waals surface area contributed by atoms with E-state index in [4.69, 9.17) is 11.6 Å². The number of aromatic nitrogens is 4. The summed E-state index contributed by atoms with van der Waals surface area (Å²) in [7, 11) is 0. The molecular formula is C21H22ClN7O. The Morgan fingerprint density at radius 1 is 1.07 bits per heavy atom. The maximum absolute atomic E-state index is 12.2. The molecule has 2 aromatic carbocycles. The van der Waals surface area contributed by atoms with Crippen LogP contribution in [0.3, 0.4) is 0 Å². The van der Waals surface area contributed by atoms with Crippen LogP contribution in [0, 0.1) is 0 Å². The zero-order chi connectivity index (χ0) is 20.5. The van der Waals surface area contributed by atoms with Gasteiger partial charge in [-0.25, -0.2) is 4.98 Å². The summed E-state index contributed by atoms with van der Waals surface area (Å²) in [5, 5.41) is 13.0. The van der Waals surface area contributed by atoms with E-state index in [-0.39, 0.29) is 5.56 Å². The van der Waals surface area contributed by atoms with Gasteiger partial charge in [-0.3, -0.25) is 19.8 Å². The normalized spacial score (nSPS) is 15.2. The van der Waals surface area contributed by atoms with Gasteiger partial charge in [0, 0.05) is 49.7 Å². The van der Waals surface area contributed by atoms with Crippen LogP contribution in [0.25, 0.3) is 21.8 Å². The molecule has 0 amide bonds. The third kappa shape index (κ3) is 3.71. The molecule has 8 nitrogen and oxygen atoms in total. The van der Waals surface area contributed by atoms with Crippen LogP contribution in [0.15, 0.2) is 47.3 Å². The number of aromatic amines is 2. The molecular weight excluding hydrogens is 402 g/mol. The Labute approximate surface area is 177 Å². The first-order valence-electron chi connectivity index (χ1n) is 10.0. The van der Waals surface area contributed by atoms with E-state index in [1.807, 2.05) is 18.2 Å². The maximum atomic E-state index is 12.2. The minimum atomic E-state index is -0.190. The highest BCUT2D eigenvalue weighted by Gasteiger charge is 2.20. The van der Waals surface area contributed by atoms with Gasteiger partial charge in [-0.05, 0) is 30.3 Å². The summed E-state index contributed by atoms with van der Waals surface area (Å²) in [5.41, 5.74) is 1.51. The van der Waals surface area contributed by atoms with Crippen molar-refractivity contribution in [2.75, 3.05) is 49.5 Å². The second-order valence-electron chi connectivity index (χ2n) is 7.42. The summed E-state index contributed by atoms with van der Waals surface area (Å²) in [6.45, 7) is 5.36. The minimum absolute atomic E-state index is 0.190. The van der Waals surface area contributed by atoms with Gasteiger partial charge >= 0.3 is 0 Å². The molecule has 1 aliphatic rings. The van der Waals surface area contributed by atoms with Crippen molar-refractivity contribution >= 4 is 45.2 Å². The van der Waals surface area contributed by atoms with E-state index in [0.717, 1.165) is 44.1 Å². The molecule has 0 spiro atoms. The molecule has 5 rings (SSSR count). The van der Waals surface area contributed by atoms with Crippen molar-refractivity contribution in [3.63, 3.8) is 0 Å². The van der Waals surface area contributed by atoms with Crippen LogP contribution in [-0.4, -0.2) is 64.3 Å². The zero-order valence-corrected chi connectivity index (χ0v) is 17.1. The highest BCUT2D eigenvalue weighted by Crippen LogP contribution is 2.24. The Morgan fingerprint density at radius 2 is 1.90 bits per heavy atom. The molecule has 0 bridgehead atoms. The Morgan fingerprint density at radius 3 is 2.77 bits per heavy atom. The number of nitrogens with one attached hydrogen (secondary N) is 3. The number of piperazine rings is 1. The smallest absolute Gasteiger partial charge is 0.260 e. The van der Waals surface area contributed by atoms with Crippen molar-refractivity contribution in [2.24, 2.45) is 0 Å². The highest BCUT2D eigenvalue weighted by atomic mass is 35.5. The predicted octanol–water partition coefficient (Wildman–Crippen LogP) is 2.69. The molecule has 30 heavy (non-hydrogen) atoms. The van der Waals surface area contributed by atoms with E-state index >= 15 is 0 Å². The number of benzene rings is 2. The molecule has 0 atom stereocenters. The summed E-state index contributed by atoms with van der Waals surface area (Å²) in [4.78, 5) is 24.2.